The van der Waals surface area contributed by atoms with Crippen molar-refractivity contribution in [1.29, 1.82) is 0 Å². The van der Waals surface area contributed by atoms with E-state index in [1.807, 2.05) is 22.6 Å². The Morgan fingerprint density at radius 2 is 2.08 bits per heavy atom. The molecule has 1 aromatic carbocycles. The Balaban J connectivity index is 3.31. The van der Waals surface area contributed by atoms with Crippen LogP contribution < -0.4 is 11.5 Å². The van der Waals surface area contributed by atoms with Crippen molar-refractivity contribution < 1.29 is 9.18 Å². The molecule has 0 saturated carbocycles. The second-order valence-electron chi connectivity index (χ2n) is 2.22. The van der Waals surface area contributed by atoms with Gasteiger partial charge in [0, 0.05) is 9.13 Å². The zero-order chi connectivity index (χ0) is 9.30. The van der Waals surface area contributed by atoms with Gasteiger partial charge in [0.1, 0.15) is 5.82 Å². The van der Waals surface area contributed by atoms with Gasteiger partial charge in [-0.2, -0.15) is 0 Å². The minimum atomic E-state index is -0.660. The average Bonchev–Trinajstić information content (AvgIpc) is 1.99. The van der Waals surface area contributed by atoms with Crippen LogP contribution in [-0.2, 0) is 0 Å². The first-order chi connectivity index (χ1) is 5.52. The maximum Gasteiger partial charge on any atom is 0.248 e. The van der Waals surface area contributed by atoms with Gasteiger partial charge in [0.25, 0.3) is 0 Å². The first-order valence-corrected chi connectivity index (χ1v) is 4.14. The number of carbonyl (C=O) groups is 1. The van der Waals surface area contributed by atoms with Gasteiger partial charge >= 0.3 is 0 Å². The Hall–Kier alpha value is -0.850. The van der Waals surface area contributed by atoms with Crippen LogP contribution >= 0.6 is 22.6 Å². The molecule has 3 nitrogen and oxygen atoms in total. The Labute approximate surface area is 82.1 Å². The van der Waals surface area contributed by atoms with E-state index in [4.69, 9.17) is 11.5 Å². The molecule has 0 bridgehead atoms. The maximum atomic E-state index is 12.9. The molecule has 0 radical (unpaired) electrons. The summed E-state index contributed by atoms with van der Waals surface area (Å²) in [4.78, 5) is 10.6. The average molecular weight is 280 g/mol. The van der Waals surface area contributed by atoms with Gasteiger partial charge in [0.15, 0.2) is 0 Å². The molecule has 64 valence electrons. The van der Waals surface area contributed by atoms with Crippen molar-refractivity contribution in [3.8, 4) is 0 Å². The predicted octanol–water partition coefficient (Wildman–Crippen LogP) is 1.11. The van der Waals surface area contributed by atoms with Gasteiger partial charge in [-0.25, -0.2) is 4.39 Å². The number of nitrogens with two attached hydrogens (primary N) is 2. The summed E-state index contributed by atoms with van der Waals surface area (Å²) >= 11 is 1.84. The van der Waals surface area contributed by atoms with Gasteiger partial charge in [0.05, 0.1) is 5.69 Å². The van der Waals surface area contributed by atoms with Crippen molar-refractivity contribution in [2.24, 2.45) is 5.73 Å². The van der Waals surface area contributed by atoms with Crippen LogP contribution in [0.3, 0.4) is 0 Å². The summed E-state index contributed by atoms with van der Waals surface area (Å²) in [6.07, 6.45) is 0. The zero-order valence-corrected chi connectivity index (χ0v) is 8.13. The lowest BCUT2D eigenvalue weighted by Crippen LogP contribution is -2.12. The highest BCUT2D eigenvalue weighted by Gasteiger charge is 2.08. The summed E-state index contributed by atoms with van der Waals surface area (Å²) in [5, 5.41) is 0. The van der Waals surface area contributed by atoms with Crippen LogP contribution in [-0.4, -0.2) is 5.91 Å². The monoisotopic (exact) mass is 280 g/mol. The quantitative estimate of drug-likeness (QED) is 0.597. The molecule has 0 fully saturated rings. The second-order valence-corrected chi connectivity index (χ2v) is 3.38. The third kappa shape index (κ3) is 1.66. The van der Waals surface area contributed by atoms with Gasteiger partial charge in [0.2, 0.25) is 5.91 Å². The highest BCUT2D eigenvalue weighted by molar-refractivity contribution is 14.1. The molecule has 4 N–H and O–H groups in total. The highest BCUT2D eigenvalue weighted by Crippen LogP contribution is 2.20. The molecule has 0 aliphatic rings. The van der Waals surface area contributed by atoms with Crippen molar-refractivity contribution in [2.45, 2.75) is 0 Å². The number of hydrogen-bond acceptors (Lipinski definition) is 2. The summed E-state index contributed by atoms with van der Waals surface area (Å²) in [6.45, 7) is 0. The Morgan fingerprint density at radius 1 is 1.50 bits per heavy atom. The molecule has 12 heavy (non-hydrogen) atoms. The maximum absolute atomic E-state index is 12.9. The van der Waals surface area contributed by atoms with Gasteiger partial charge in [-0.1, -0.05) is 0 Å². The third-order valence-electron chi connectivity index (χ3n) is 1.36. The summed E-state index contributed by atoms with van der Waals surface area (Å²) in [7, 11) is 0. The number of primary amides is 1. The van der Waals surface area contributed by atoms with Crippen molar-refractivity contribution in [1.82, 2.24) is 0 Å². The third-order valence-corrected chi connectivity index (χ3v) is 2.26. The molecule has 0 heterocycles. The van der Waals surface area contributed by atoms with Crippen LogP contribution in [0.25, 0.3) is 0 Å². The van der Waals surface area contributed by atoms with Gasteiger partial charge in [-0.05, 0) is 34.7 Å². The molecule has 0 spiro atoms. The molecule has 1 aromatic rings. The molecule has 0 atom stereocenters. The van der Waals surface area contributed by atoms with E-state index < -0.39 is 11.7 Å². The number of amides is 1. The minimum Gasteiger partial charge on any atom is -0.395 e. The topological polar surface area (TPSA) is 69.1 Å². The van der Waals surface area contributed by atoms with E-state index >= 15 is 0 Å². The van der Waals surface area contributed by atoms with Crippen LogP contribution in [0.15, 0.2) is 12.1 Å². The molecule has 0 aromatic heterocycles. The van der Waals surface area contributed by atoms with Crippen LogP contribution in [0.5, 0.6) is 0 Å². The number of hydrogen-bond donors (Lipinski definition) is 2. The standard InChI is InChI=1S/C7H6FIN2O/c8-4-1-3(7(11)12)2-5(9)6(4)10/h1-2H,10H2,(H2,11,12). The van der Waals surface area contributed by atoms with Crippen LogP contribution in [0.1, 0.15) is 10.4 Å². The minimum absolute atomic E-state index is 0.0422. The lowest BCUT2D eigenvalue weighted by Gasteiger charge is -2.01. The number of carbonyl (C=O) groups excluding carboxylic acids is 1. The lowest BCUT2D eigenvalue weighted by molar-refractivity contribution is 0.1000. The van der Waals surface area contributed by atoms with E-state index in [2.05, 4.69) is 0 Å². The molecular formula is C7H6FIN2O. The number of rotatable bonds is 1. The van der Waals surface area contributed by atoms with E-state index in [0.29, 0.717) is 3.57 Å². The van der Waals surface area contributed by atoms with E-state index in [-0.39, 0.29) is 11.3 Å². The first kappa shape index (κ1) is 9.24. The molecule has 5 heteroatoms. The van der Waals surface area contributed by atoms with E-state index in [1.165, 1.54) is 6.07 Å². The van der Waals surface area contributed by atoms with Crippen molar-refractivity contribution in [3.05, 3.63) is 27.1 Å². The number of benzene rings is 1. The number of halogens is 2. The van der Waals surface area contributed by atoms with Crippen molar-refractivity contribution >= 4 is 34.2 Å². The summed E-state index contributed by atoms with van der Waals surface area (Å²) < 4.78 is 13.4. The second kappa shape index (κ2) is 3.26. The molecule has 0 saturated heterocycles. The molecule has 0 aliphatic carbocycles. The number of nitrogen functional groups attached to an aromatic ring is 1. The first-order valence-electron chi connectivity index (χ1n) is 3.06. The normalized spacial score (nSPS) is 9.83. The summed E-state index contributed by atoms with van der Waals surface area (Å²) in [5.74, 6) is -1.28. The fraction of sp³-hybridized carbons (Fsp3) is 0. The van der Waals surface area contributed by atoms with E-state index in [1.54, 1.807) is 0 Å². The van der Waals surface area contributed by atoms with Gasteiger partial charge in [-0.15, -0.1) is 0 Å². The van der Waals surface area contributed by atoms with Gasteiger partial charge in [-0.3, -0.25) is 4.79 Å². The Morgan fingerprint density at radius 3 is 2.50 bits per heavy atom. The van der Waals surface area contributed by atoms with Crippen LogP contribution in [0.2, 0.25) is 0 Å². The van der Waals surface area contributed by atoms with Crippen molar-refractivity contribution in [3.63, 3.8) is 0 Å². The van der Waals surface area contributed by atoms with E-state index in [9.17, 15) is 9.18 Å². The fourth-order valence-electron chi connectivity index (χ4n) is 0.727. The number of anilines is 1. The predicted molar refractivity (Wildman–Crippen MR) is 52.0 cm³/mol. The van der Waals surface area contributed by atoms with Crippen LogP contribution in [0.4, 0.5) is 10.1 Å². The van der Waals surface area contributed by atoms with Gasteiger partial charge < -0.3 is 11.5 Å². The molecule has 0 aliphatic heterocycles. The van der Waals surface area contributed by atoms with Crippen LogP contribution in [0, 0.1) is 9.39 Å². The summed E-state index contributed by atoms with van der Waals surface area (Å²) in [5.41, 5.74) is 10.4. The Bertz CT molecular complexity index is 317. The smallest absolute Gasteiger partial charge is 0.248 e. The molecular weight excluding hydrogens is 274 g/mol. The zero-order valence-electron chi connectivity index (χ0n) is 5.97. The summed E-state index contributed by atoms with van der Waals surface area (Å²) in [6, 6.07) is 2.47. The molecule has 1 amide bonds. The lowest BCUT2D eigenvalue weighted by atomic mass is 10.2. The SMILES string of the molecule is NC(=O)c1cc(F)c(N)c(I)c1. The van der Waals surface area contributed by atoms with E-state index in [0.717, 1.165) is 6.07 Å². The highest BCUT2D eigenvalue weighted by atomic mass is 127. The fourth-order valence-corrected chi connectivity index (χ4v) is 1.32. The van der Waals surface area contributed by atoms with Crippen molar-refractivity contribution in [2.75, 3.05) is 5.73 Å². The largest absolute Gasteiger partial charge is 0.395 e. The molecule has 1 rings (SSSR count). The molecule has 0 unspecified atom stereocenters. The Kier molecular flexibility index (Phi) is 2.51.